The number of fused-ring (bicyclic) bond motifs is 20. The molecule has 6 heterocycles. The molecule has 0 atom stereocenters. The summed E-state index contributed by atoms with van der Waals surface area (Å²) in [4.78, 5) is 0. The van der Waals surface area contributed by atoms with Gasteiger partial charge >= 0.3 is 0 Å². The molecule has 0 radical (unpaired) electrons. The second kappa shape index (κ2) is 10.1. The third kappa shape index (κ3) is 3.30. The standard InChI is InChI=1S/C54H30N4/c1-3-13-31(14-4-1)55-44-24-10-8-18-39(44)49-45(55)27-26-38-34-19-11-20-35-42-29-41-36-21-12-22-40-50-46(57(52(36)40)47(41)30-48(42)58(51(34)35)54(38)49)28-25-37-33-17-7-9-23-43(33)56(53(37)50)32-15-5-2-6-16-32/h1-30H/i1D,2D,3D,4D,5D,6D,13D,14D,15D,16D. The summed E-state index contributed by atoms with van der Waals surface area (Å²) in [6.07, 6.45) is 0. The predicted molar refractivity (Wildman–Crippen MR) is 244 cm³/mol. The predicted octanol–water partition coefficient (Wildman–Crippen LogP) is 14.2. The van der Waals surface area contributed by atoms with Crippen LogP contribution in [0.1, 0.15) is 13.7 Å². The lowest BCUT2D eigenvalue weighted by atomic mass is 10.0. The highest BCUT2D eigenvalue weighted by molar-refractivity contribution is 6.34. The first kappa shape index (κ1) is 22.1. The van der Waals surface area contributed by atoms with Crippen molar-refractivity contribution in [3.8, 4) is 11.4 Å². The van der Waals surface area contributed by atoms with Gasteiger partial charge in [0.25, 0.3) is 0 Å². The molecule has 9 aromatic carbocycles. The highest BCUT2D eigenvalue weighted by Gasteiger charge is 2.26. The molecular formula is C54H30N4. The third-order valence-electron chi connectivity index (χ3n) is 12.8. The van der Waals surface area contributed by atoms with Crippen molar-refractivity contribution in [1.82, 2.24) is 17.9 Å². The van der Waals surface area contributed by atoms with Crippen LogP contribution in [-0.2, 0) is 0 Å². The Morgan fingerprint density at radius 3 is 1.52 bits per heavy atom. The van der Waals surface area contributed by atoms with E-state index in [1.807, 2.05) is 63.7 Å². The van der Waals surface area contributed by atoms with Gasteiger partial charge in [-0.15, -0.1) is 0 Å². The molecule has 15 rings (SSSR count). The van der Waals surface area contributed by atoms with Crippen LogP contribution in [0.15, 0.2) is 182 Å². The van der Waals surface area contributed by atoms with Gasteiger partial charge < -0.3 is 17.9 Å². The van der Waals surface area contributed by atoms with Crippen molar-refractivity contribution in [1.29, 1.82) is 0 Å². The number of hydrogen-bond acceptors (Lipinski definition) is 0. The zero-order valence-electron chi connectivity index (χ0n) is 40.3. The van der Waals surface area contributed by atoms with E-state index in [-0.39, 0.29) is 35.5 Å². The molecule has 6 aromatic heterocycles. The highest BCUT2D eigenvalue weighted by Crippen LogP contribution is 2.48. The van der Waals surface area contributed by atoms with E-state index in [9.17, 15) is 0 Å². The van der Waals surface area contributed by atoms with Gasteiger partial charge in [0, 0.05) is 76.0 Å². The summed E-state index contributed by atoms with van der Waals surface area (Å²) in [7, 11) is 0. The van der Waals surface area contributed by atoms with Gasteiger partial charge in [-0.05, 0) is 60.6 Å². The van der Waals surface area contributed by atoms with E-state index in [2.05, 4.69) is 75.5 Å². The molecule has 0 saturated heterocycles. The summed E-state index contributed by atoms with van der Waals surface area (Å²) < 4.78 is 95.9. The summed E-state index contributed by atoms with van der Waals surface area (Å²) in [6.45, 7) is 0. The zero-order chi connectivity index (χ0) is 46.1. The Labute approximate surface area is 343 Å². The van der Waals surface area contributed by atoms with Crippen molar-refractivity contribution < 1.29 is 13.7 Å². The number of benzene rings is 9. The largest absolute Gasteiger partial charge is 0.309 e. The SMILES string of the molecule is [2H]c1c([2H])c([2H])c(-n2c3ccccc3c3c2ccc2c4cccc5c6cc7c8cccc9c%10c%11c(ccc%10n(c7cc6n(c54)c23)c89)c2ccccc2n%11-c2c([2H])c([2H])c([2H])c([2H])c2[2H])c([2H])c1[2H]. The van der Waals surface area contributed by atoms with Crippen molar-refractivity contribution >= 4 is 120 Å². The monoisotopic (exact) mass is 744 g/mol. The lowest BCUT2D eigenvalue weighted by Crippen LogP contribution is -1.93. The van der Waals surface area contributed by atoms with Crippen LogP contribution in [0.4, 0.5) is 0 Å². The first-order chi connectivity index (χ1) is 33.0. The van der Waals surface area contributed by atoms with Crippen molar-refractivity contribution in [2.45, 2.75) is 0 Å². The number of nitrogens with zero attached hydrogens (tertiary/aromatic N) is 4. The average molecular weight is 745 g/mol. The Morgan fingerprint density at radius 1 is 0.293 bits per heavy atom. The smallest absolute Gasteiger partial charge is 0.0645 e. The Kier molecular flexibility index (Phi) is 3.85. The van der Waals surface area contributed by atoms with Gasteiger partial charge in [-0.25, -0.2) is 0 Å². The fraction of sp³-hybridized carbons (Fsp3) is 0. The van der Waals surface area contributed by atoms with Gasteiger partial charge in [0.2, 0.25) is 0 Å². The normalized spacial score (nSPS) is 15.2. The number of para-hydroxylation sites is 6. The fourth-order valence-electron chi connectivity index (χ4n) is 10.7. The van der Waals surface area contributed by atoms with Crippen LogP contribution in [0.25, 0.3) is 131 Å². The Hall–Kier alpha value is -7.82. The lowest BCUT2D eigenvalue weighted by Gasteiger charge is -2.09. The Balaban J connectivity index is 1.12. The average Bonchev–Trinajstić information content (AvgIpc) is 4.20. The van der Waals surface area contributed by atoms with Crippen molar-refractivity contribution in [2.24, 2.45) is 0 Å². The minimum absolute atomic E-state index is 0.0963. The molecule has 0 amide bonds. The summed E-state index contributed by atoms with van der Waals surface area (Å²) in [5, 5.41) is 11.9. The maximum atomic E-state index is 9.14. The van der Waals surface area contributed by atoms with Gasteiger partial charge in [0.05, 0.1) is 68.9 Å². The van der Waals surface area contributed by atoms with Crippen LogP contribution in [-0.4, -0.2) is 17.9 Å². The third-order valence-corrected chi connectivity index (χ3v) is 12.8. The van der Waals surface area contributed by atoms with Crippen LogP contribution in [0.5, 0.6) is 0 Å². The van der Waals surface area contributed by atoms with Crippen LogP contribution < -0.4 is 0 Å². The fourth-order valence-corrected chi connectivity index (χ4v) is 10.7. The molecule has 0 saturated carbocycles. The molecule has 0 fully saturated rings. The molecule has 0 aliphatic carbocycles. The molecule has 0 N–H and O–H groups in total. The summed E-state index contributed by atoms with van der Waals surface area (Å²) in [5.41, 5.74) is 9.05. The molecule has 0 aliphatic heterocycles. The number of rotatable bonds is 2. The zero-order valence-corrected chi connectivity index (χ0v) is 30.3. The first-order valence-corrected chi connectivity index (χ1v) is 19.3. The van der Waals surface area contributed by atoms with Gasteiger partial charge in [0.1, 0.15) is 0 Å². The second-order valence-corrected chi connectivity index (χ2v) is 15.3. The molecular weight excluding hydrogens is 705 g/mol. The van der Waals surface area contributed by atoms with E-state index in [1.165, 1.54) is 0 Å². The van der Waals surface area contributed by atoms with Crippen LogP contribution in [0.2, 0.25) is 0 Å². The summed E-state index contributed by atoms with van der Waals surface area (Å²) >= 11 is 0. The van der Waals surface area contributed by atoms with Gasteiger partial charge in [-0.1, -0.05) is 121 Å². The van der Waals surface area contributed by atoms with Crippen LogP contribution >= 0.6 is 0 Å². The molecule has 0 aliphatic rings. The minimum atomic E-state index is -0.440. The number of aromatic nitrogens is 4. The maximum Gasteiger partial charge on any atom is 0.0645 e. The molecule has 0 unspecified atom stereocenters. The van der Waals surface area contributed by atoms with E-state index in [0.717, 1.165) is 120 Å². The van der Waals surface area contributed by atoms with E-state index >= 15 is 0 Å². The van der Waals surface area contributed by atoms with Gasteiger partial charge in [-0.2, -0.15) is 0 Å². The van der Waals surface area contributed by atoms with Gasteiger partial charge in [-0.3, -0.25) is 0 Å². The minimum Gasteiger partial charge on any atom is -0.309 e. The molecule has 0 bridgehead atoms. The molecule has 0 spiro atoms. The van der Waals surface area contributed by atoms with Crippen molar-refractivity contribution in [3.63, 3.8) is 0 Å². The van der Waals surface area contributed by atoms with E-state index in [4.69, 9.17) is 13.7 Å². The lowest BCUT2D eigenvalue weighted by molar-refractivity contribution is 1.18. The Bertz CT molecular complexity index is 4810. The summed E-state index contributed by atoms with van der Waals surface area (Å²) in [5.74, 6) is 0. The molecule has 4 nitrogen and oxygen atoms in total. The number of hydrogen-bond donors (Lipinski definition) is 0. The Morgan fingerprint density at radius 2 is 0.793 bits per heavy atom. The molecule has 266 valence electrons. The maximum absolute atomic E-state index is 9.14. The van der Waals surface area contributed by atoms with Crippen LogP contribution in [0.3, 0.4) is 0 Å². The second-order valence-electron chi connectivity index (χ2n) is 15.3. The molecule has 58 heavy (non-hydrogen) atoms. The van der Waals surface area contributed by atoms with Crippen molar-refractivity contribution in [2.75, 3.05) is 0 Å². The van der Waals surface area contributed by atoms with E-state index in [0.29, 0.717) is 0 Å². The molecule has 4 heteroatoms. The molecule has 15 aromatic rings. The quantitative estimate of drug-likeness (QED) is 0.168. The van der Waals surface area contributed by atoms with Crippen LogP contribution in [0, 0.1) is 0 Å². The first-order valence-electron chi connectivity index (χ1n) is 24.3. The van der Waals surface area contributed by atoms with E-state index < -0.39 is 36.3 Å². The topological polar surface area (TPSA) is 18.7 Å². The van der Waals surface area contributed by atoms with E-state index in [1.54, 1.807) is 0 Å². The van der Waals surface area contributed by atoms with Gasteiger partial charge in [0.15, 0.2) is 0 Å². The van der Waals surface area contributed by atoms with Crippen molar-refractivity contribution in [3.05, 3.63) is 182 Å². The highest BCUT2D eigenvalue weighted by atomic mass is 15.0. The summed E-state index contributed by atoms with van der Waals surface area (Å²) in [6, 6.07) is 37.8.